The molecule has 2 amide bonds. The van der Waals surface area contributed by atoms with Crippen molar-refractivity contribution in [2.75, 3.05) is 19.7 Å². The van der Waals surface area contributed by atoms with Crippen LogP contribution in [0.4, 0.5) is 4.79 Å². The SMILES string of the molecule is CC1CCCN(C(=O)NC(CCO)C(=O)O)C1. The molecule has 2 unspecified atom stereocenters. The summed E-state index contributed by atoms with van der Waals surface area (Å²) in [7, 11) is 0. The Morgan fingerprint density at radius 3 is 2.76 bits per heavy atom. The second-order valence-electron chi connectivity index (χ2n) is 4.55. The van der Waals surface area contributed by atoms with E-state index in [1.165, 1.54) is 0 Å². The Morgan fingerprint density at radius 2 is 2.24 bits per heavy atom. The summed E-state index contributed by atoms with van der Waals surface area (Å²) in [6.07, 6.45) is 2.08. The third kappa shape index (κ3) is 4.22. The van der Waals surface area contributed by atoms with E-state index in [2.05, 4.69) is 12.2 Å². The molecule has 1 heterocycles. The second kappa shape index (κ2) is 6.44. The largest absolute Gasteiger partial charge is 0.480 e. The highest BCUT2D eigenvalue weighted by molar-refractivity contribution is 5.82. The number of hydrogen-bond donors (Lipinski definition) is 3. The minimum atomic E-state index is -1.11. The van der Waals surface area contributed by atoms with Gasteiger partial charge in [0.1, 0.15) is 6.04 Å². The lowest BCUT2D eigenvalue weighted by Gasteiger charge is -2.31. The summed E-state index contributed by atoms with van der Waals surface area (Å²) in [6.45, 7) is 3.15. The maximum atomic E-state index is 11.8. The number of aliphatic hydroxyl groups excluding tert-OH is 1. The van der Waals surface area contributed by atoms with Gasteiger partial charge in [-0.05, 0) is 18.8 Å². The van der Waals surface area contributed by atoms with Crippen molar-refractivity contribution in [2.45, 2.75) is 32.2 Å². The molecule has 0 aromatic rings. The zero-order valence-electron chi connectivity index (χ0n) is 10.1. The lowest BCUT2D eigenvalue weighted by molar-refractivity contribution is -0.139. The number of hydrogen-bond acceptors (Lipinski definition) is 3. The summed E-state index contributed by atoms with van der Waals surface area (Å²) in [4.78, 5) is 24.3. The van der Waals surface area contributed by atoms with Gasteiger partial charge in [-0.3, -0.25) is 0 Å². The topological polar surface area (TPSA) is 89.9 Å². The maximum Gasteiger partial charge on any atom is 0.326 e. The molecule has 1 aliphatic heterocycles. The number of aliphatic hydroxyl groups is 1. The van der Waals surface area contributed by atoms with Crippen LogP contribution in [0.1, 0.15) is 26.2 Å². The summed E-state index contributed by atoms with van der Waals surface area (Å²) in [5.41, 5.74) is 0. The number of aliphatic carboxylic acids is 1. The zero-order valence-corrected chi connectivity index (χ0v) is 10.1. The summed E-state index contributed by atoms with van der Waals surface area (Å²) in [5, 5.41) is 20.0. The second-order valence-corrected chi connectivity index (χ2v) is 4.55. The molecule has 1 fully saturated rings. The average molecular weight is 244 g/mol. The van der Waals surface area contributed by atoms with Gasteiger partial charge in [0.15, 0.2) is 0 Å². The van der Waals surface area contributed by atoms with Crippen LogP contribution in [-0.4, -0.2) is 52.9 Å². The number of carbonyl (C=O) groups is 2. The average Bonchev–Trinajstić information content (AvgIpc) is 2.28. The molecule has 0 aromatic carbocycles. The summed E-state index contributed by atoms with van der Waals surface area (Å²) < 4.78 is 0. The van der Waals surface area contributed by atoms with Crippen molar-refractivity contribution < 1.29 is 19.8 Å². The molecule has 0 aromatic heterocycles. The molecule has 6 heteroatoms. The molecule has 17 heavy (non-hydrogen) atoms. The first-order valence-corrected chi connectivity index (χ1v) is 5.93. The third-order valence-corrected chi connectivity index (χ3v) is 2.96. The smallest absolute Gasteiger partial charge is 0.326 e. The first-order valence-electron chi connectivity index (χ1n) is 5.93. The van der Waals surface area contributed by atoms with E-state index in [0.717, 1.165) is 12.8 Å². The van der Waals surface area contributed by atoms with Gasteiger partial charge >= 0.3 is 12.0 Å². The van der Waals surface area contributed by atoms with Crippen molar-refractivity contribution in [1.82, 2.24) is 10.2 Å². The Kier molecular flexibility index (Phi) is 5.21. The normalized spacial score (nSPS) is 22.0. The number of piperidine rings is 1. The number of carbonyl (C=O) groups excluding carboxylic acids is 1. The Morgan fingerprint density at radius 1 is 1.53 bits per heavy atom. The zero-order chi connectivity index (χ0) is 12.8. The van der Waals surface area contributed by atoms with Crippen LogP contribution in [0, 0.1) is 5.92 Å². The molecular weight excluding hydrogens is 224 g/mol. The van der Waals surface area contributed by atoms with Gasteiger partial charge in [0.25, 0.3) is 0 Å². The molecule has 0 bridgehead atoms. The molecule has 0 spiro atoms. The van der Waals surface area contributed by atoms with Gasteiger partial charge in [0.05, 0.1) is 0 Å². The molecule has 98 valence electrons. The Hall–Kier alpha value is -1.30. The van der Waals surface area contributed by atoms with Crippen molar-refractivity contribution in [3.63, 3.8) is 0 Å². The van der Waals surface area contributed by atoms with E-state index in [9.17, 15) is 9.59 Å². The predicted octanol–water partition coefficient (Wildman–Crippen LogP) is 0.263. The Balaban J connectivity index is 2.48. The van der Waals surface area contributed by atoms with Crippen molar-refractivity contribution in [3.05, 3.63) is 0 Å². The summed E-state index contributed by atoms with van der Waals surface area (Å²) in [5.74, 6) is -0.659. The monoisotopic (exact) mass is 244 g/mol. The van der Waals surface area contributed by atoms with Crippen LogP contribution < -0.4 is 5.32 Å². The molecule has 0 radical (unpaired) electrons. The standard InChI is InChI=1S/C11H20N2O4/c1-8-3-2-5-13(7-8)11(17)12-9(4-6-14)10(15)16/h8-9,14H,2-7H2,1H3,(H,12,17)(H,15,16). The van der Waals surface area contributed by atoms with Crippen LogP contribution in [0.2, 0.25) is 0 Å². The fourth-order valence-electron chi connectivity index (χ4n) is 2.00. The molecule has 1 aliphatic rings. The number of nitrogens with zero attached hydrogens (tertiary/aromatic N) is 1. The predicted molar refractivity (Wildman–Crippen MR) is 61.6 cm³/mol. The van der Waals surface area contributed by atoms with Crippen molar-refractivity contribution >= 4 is 12.0 Å². The van der Waals surface area contributed by atoms with Crippen LogP contribution in [-0.2, 0) is 4.79 Å². The van der Waals surface area contributed by atoms with Crippen LogP contribution in [0.15, 0.2) is 0 Å². The third-order valence-electron chi connectivity index (χ3n) is 2.96. The first kappa shape index (κ1) is 13.8. The fourth-order valence-corrected chi connectivity index (χ4v) is 2.00. The van der Waals surface area contributed by atoms with Crippen LogP contribution in [0.5, 0.6) is 0 Å². The van der Waals surface area contributed by atoms with Gasteiger partial charge < -0.3 is 20.4 Å². The van der Waals surface area contributed by atoms with E-state index in [1.54, 1.807) is 4.90 Å². The molecule has 0 aliphatic carbocycles. The lowest BCUT2D eigenvalue weighted by atomic mass is 10.0. The molecule has 0 saturated carbocycles. The Bertz CT molecular complexity index is 283. The quantitative estimate of drug-likeness (QED) is 0.662. The van der Waals surface area contributed by atoms with E-state index >= 15 is 0 Å². The van der Waals surface area contributed by atoms with Crippen molar-refractivity contribution in [2.24, 2.45) is 5.92 Å². The highest BCUT2D eigenvalue weighted by Crippen LogP contribution is 2.15. The van der Waals surface area contributed by atoms with E-state index < -0.39 is 12.0 Å². The summed E-state index contributed by atoms with van der Waals surface area (Å²) >= 11 is 0. The minimum absolute atomic E-state index is 0.0322. The number of likely N-dealkylation sites (tertiary alicyclic amines) is 1. The van der Waals surface area contributed by atoms with Crippen molar-refractivity contribution in [1.29, 1.82) is 0 Å². The van der Waals surface area contributed by atoms with Gasteiger partial charge in [0, 0.05) is 26.1 Å². The number of amides is 2. The highest BCUT2D eigenvalue weighted by atomic mass is 16.4. The molecule has 1 rings (SSSR count). The van der Waals surface area contributed by atoms with Gasteiger partial charge in [0.2, 0.25) is 0 Å². The van der Waals surface area contributed by atoms with Crippen LogP contribution >= 0.6 is 0 Å². The van der Waals surface area contributed by atoms with Crippen LogP contribution in [0.3, 0.4) is 0 Å². The van der Waals surface area contributed by atoms with Gasteiger partial charge in [-0.25, -0.2) is 9.59 Å². The molecule has 1 saturated heterocycles. The van der Waals surface area contributed by atoms with E-state index in [-0.39, 0.29) is 19.1 Å². The summed E-state index contributed by atoms with van der Waals surface area (Å²) in [6, 6.07) is -1.36. The minimum Gasteiger partial charge on any atom is -0.480 e. The van der Waals surface area contributed by atoms with Gasteiger partial charge in [-0.15, -0.1) is 0 Å². The fraction of sp³-hybridized carbons (Fsp3) is 0.818. The number of rotatable bonds is 4. The number of urea groups is 1. The van der Waals surface area contributed by atoms with E-state index in [1.807, 2.05) is 0 Å². The number of carboxylic acids is 1. The van der Waals surface area contributed by atoms with Crippen LogP contribution in [0.25, 0.3) is 0 Å². The molecule has 3 N–H and O–H groups in total. The Labute approximate surface area is 101 Å². The maximum absolute atomic E-state index is 11.8. The van der Waals surface area contributed by atoms with Gasteiger partial charge in [-0.1, -0.05) is 6.92 Å². The van der Waals surface area contributed by atoms with E-state index in [4.69, 9.17) is 10.2 Å². The van der Waals surface area contributed by atoms with Crippen molar-refractivity contribution in [3.8, 4) is 0 Å². The lowest BCUT2D eigenvalue weighted by Crippen LogP contribution is -2.50. The number of carboxylic acid groups (broad SMARTS) is 1. The highest BCUT2D eigenvalue weighted by Gasteiger charge is 2.25. The molecule has 2 atom stereocenters. The van der Waals surface area contributed by atoms with Gasteiger partial charge in [-0.2, -0.15) is 0 Å². The van der Waals surface area contributed by atoms with E-state index in [0.29, 0.717) is 19.0 Å². The molecule has 6 nitrogen and oxygen atoms in total. The first-order chi connectivity index (χ1) is 8.04. The molecular formula is C11H20N2O4. The number of nitrogens with one attached hydrogen (secondary N) is 1.